The van der Waals surface area contributed by atoms with Crippen LogP contribution >= 0.6 is 0 Å². The lowest BCUT2D eigenvalue weighted by atomic mass is 10.1. The second-order valence-corrected chi connectivity index (χ2v) is 7.19. The van der Waals surface area contributed by atoms with Crippen LogP contribution in [0.3, 0.4) is 0 Å². The molecule has 0 unspecified atom stereocenters. The van der Waals surface area contributed by atoms with Crippen molar-refractivity contribution in [3.8, 4) is 0 Å². The molecule has 1 aliphatic heterocycles. The maximum Gasteiger partial charge on any atom is 0.325 e. The Kier molecular flexibility index (Phi) is 6.26. The Morgan fingerprint density at radius 3 is 2.39 bits per heavy atom. The van der Waals surface area contributed by atoms with Crippen LogP contribution in [0, 0.1) is 0 Å². The van der Waals surface area contributed by atoms with E-state index in [9.17, 15) is 9.59 Å². The Morgan fingerprint density at radius 2 is 1.68 bits per heavy atom. The predicted octanol–water partition coefficient (Wildman–Crippen LogP) is 2.25. The minimum atomic E-state index is -0.462. The SMILES string of the molecule is CCOC(=O)CNC(=O)c1cnc(N2CCN(c3ccccn3)CC2)c2ccccc12. The summed E-state index contributed by atoms with van der Waals surface area (Å²) in [7, 11) is 0. The van der Waals surface area contributed by atoms with E-state index >= 15 is 0 Å². The molecule has 1 saturated heterocycles. The number of fused-ring (bicyclic) bond motifs is 1. The lowest BCUT2D eigenvalue weighted by Gasteiger charge is -2.36. The topological polar surface area (TPSA) is 87.7 Å². The fourth-order valence-electron chi connectivity index (χ4n) is 3.76. The first-order valence-corrected chi connectivity index (χ1v) is 10.4. The third-order valence-corrected chi connectivity index (χ3v) is 5.27. The Balaban J connectivity index is 1.52. The van der Waals surface area contributed by atoms with Gasteiger partial charge in [-0.15, -0.1) is 0 Å². The van der Waals surface area contributed by atoms with E-state index in [1.165, 1.54) is 0 Å². The lowest BCUT2D eigenvalue weighted by Crippen LogP contribution is -2.47. The van der Waals surface area contributed by atoms with Crippen LogP contribution in [0.15, 0.2) is 54.9 Å². The number of ether oxygens (including phenoxy) is 1. The van der Waals surface area contributed by atoms with Crippen molar-refractivity contribution in [2.24, 2.45) is 0 Å². The minimum Gasteiger partial charge on any atom is -0.465 e. The molecule has 1 N–H and O–H groups in total. The molecule has 0 aliphatic carbocycles. The van der Waals surface area contributed by atoms with Gasteiger partial charge >= 0.3 is 5.97 Å². The molecule has 0 spiro atoms. The molecule has 31 heavy (non-hydrogen) atoms. The number of nitrogens with one attached hydrogen (secondary N) is 1. The summed E-state index contributed by atoms with van der Waals surface area (Å²) in [5.74, 6) is 1.03. The van der Waals surface area contributed by atoms with Crippen molar-refractivity contribution in [2.75, 3.05) is 49.1 Å². The van der Waals surface area contributed by atoms with Crippen LogP contribution in [0.4, 0.5) is 11.6 Å². The number of carbonyl (C=O) groups excluding carboxylic acids is 2. The average molecular weight is 419 g/mol. The number of esters is 1. The van der Waals surface area contributed by atoms with Crippen LogP contribution in [0.2, 0.25) is 0 Å². The molecular formula is C23H25N5O3. The highest BCUT2D eigenvalue weighted by Crippen LogP contribution is 2.28. The summed E-state index contributed by atoms with van der Waals surface area (Å²) in [6.45, 7) is 5.14. The summed E-state index contributed by atoms with van der Waals surface area (Å²) >= 11 is 0. The zero-order valence-corrected chi connectivity index (χ0v) is 17.5. The van der Waals surface area contributed by atoms with Gasteiger partial charge in [-0.1, -0.05) is 30.3 Å². The number of anilines is 2. The molecule has 0 bridgehead atoms. The number of amides is 1. The molecule has 0 radical (unpaired) electrons. The summed E-state index contributed by atoms with van der Waals surface area (Å²) in [6, 6.07) is 13.7. The highest BCUT2D eigenvalue weighted by Gasteiger charge is 2.22. The smallest absolute Gasteiger partial charge is 0.325 e. The van der Waals surface area contributed by atoms with Crippen LogP contribution in [-0.4, -0.2) is 61.2 Å². The standard InChI is InChI=1S/C23H25N5O3/c1-2-31-21(29)16-26-23(30)19-15-25-22(18-8-4-3-7-17(18)19)28-13-11-27(12-14-28)20-9-5-6-10-24-20/h3-10,15H,2,11-14,16H2,1H3,(H,26,30). The van der Waals surface area contributed by atoms with Crippen LogP contribution in [0.1, 0.15) is 17.3 Å². The highest BCUT2D eigenvalue weighted by atomic mass is 16.5. The molecular weight excluding hydrogens is 394 g/mol. The van der Waals surface area contributed by atoms with Crippen molar-refractivity contribution in [1.82, 2.24) is 15.3 Å². The number of rotatable bonds is 6. The largest absolute Gasteiger partial charge is 0.465 e. The van der Waals surface area contributed by atoms with Gasteiger partial charge in [0.1, 0.15) is 18.2 Å². The molecule has 3 heterocycles. The van der Waals surface area contributed by atoms with Gasteiger partial charge in [0.25, 0.3) is 5.91 Å². The van der Waals surface area contributed by atoms with Crippen molar-refractivity contribution < 1.29 is 14.3 Å². The molecule has 0 saturated carbocycles. The molecule has 8 heteroatoms. The Morgan fingerprint density at radius 1 is 0.968 bits per heavy atom. The molecule has 4 rings (SSSR count). The fraction of sp³-hybridized carbons (Fsp3) is 0.304. The second-order valence-electron chi connectivity index (χ2n) is 7.19. The minimum absolute atomic E-state index is 0.168. The van der Waals surface area contributed by atoms with Crippen LogP contribution in [0.25, 0.3) is 10.8 Å². The van der Waals surface area contributed by atoms with E-state index in [1.54, 1.807) is 13.1 Å². The molecule has 1 fully saturated rings. The maximum atomic E-state index is 12.7. The maximum absolute atomic E-state index is 12.7. The zero-order chi connectivity index (χ0) is 21.6. The van der Waals surface area contributed by atoms with Crippen molar-refractivity contribution in [1.29, 1.82) is 0 Å². The first kappa shape index (κ1) is 20.6. The van der Waals surface area contributed by atoms with Gasteiger partial charge in [-0.05, 0) is 24.4 Å². The highest BCUT2D eigenvalue weighted by molar-refractivity contribution is 6.09. The van der Waals surface area contributed by atoms with Gasteiger partial charge in [0.05, 0.1) is 12.2 Å². The first-order chi connectivity index (χ1) is 15.2. The summed E-state index contributed by atoms with van der Waals surface area (Å²) in [6.07, 6.45) is 3.39. The first-order valence-electron chi connectivity index (χ1n) is 10.4. The van der Waals surface area contributed by atoms with Gasteiger partial charge in [-0.25, -0.2) is 9.97 Å². The van der Waals surface area contributed by atoms with Gasteiger partial charge in [0.2, 0.25) is 0 Å². The molecule has 160 valence electrons. The second kappa shape index (κ2) is 9.42. The van der Waals surface area contributed by atoms with E-state index in [0.29, 0.717) is 5.56 Å². The summed E-state index contributed by atoms with van der Waals surface area (Å²) in [5, 5.41) is 4.34. The monoisotopic (exact) mass is 419 g/mol. The van der Waals surface area contributed by atoms with Gasteiger partial charge in [0, 0.05) is 44.0 Å². The van der Waals surface area contributed by atoms with E-state index in [-0.39, 0.29) is 19.1 Å². The molecule has 1 aliphatic rings. The number of hydrogen-bond acceptors (Lipinski definition) is 7. The van der Waals surface area contributed by atoms with Gasteiger partial charge < -0.3 is 19.9 Å². The third kappa shape index (κ3) is 4.58. The Hall–Kier alpha value is -3.68. The van der Waals surface area contributed by atoms with Gasteiger partial charge in [-0.2, -0.15) is 0 Å². The van der Waals surface area contributed by atoms with E-state index < -0.39 is 5.97 Å². The third-order valence-electron chi connectivity index (χ3n) is 5.27. The quantitative estimate of drug-likeness (QED) is 0.613. The van der Waals surface area contributed by atoms with E-state index in [4.69, 9.17) is 4.74 Å². The average Bonchev–Trinajstić information content (AvgIpc) is 2.83. The number of hydrogen-bond donors (Lipinski definition) is 1. The number of nitrogens with zero attached hydrogens (tertiary/aromatic N) is 4. The molecule has 0 atom stereocenters. The van der Waals surface area contributed by atoms with E-state index in [0.717, 1.165) is 48.6 Å². The summed E-state index contributed by atoms with van der Waals surface area (Å²) in [4.78, 5) is 37.8. The fourth-order valence-corrected chi connectivity index (χ4v) is 3.76. The number of benzene rings is 1. The van der Waals surface area contributed by atoms with Crippen LogP contribution < -0.4 is 15.1 Å². The van der Waals surface area contributed by atoms with Crippen molar-refractivity contribution in [3.05, 3.63) is 60.4 Å². The zero-order valence-electron chi connectivity index (χ0n) is 17.5. The van der Waals surface area contributed by atoms with Crippen LogP contribution in [0.5, 0.6) is 0 Å². The number of piperazine rings is 1. The molecule has 8 nitrogen and oxygen atoms in total. The summed E-state index contributed by atoms with van der Waals surface area (Å²) < 4.78 is 4.87. The number of aromatic nitrogens is 2. The molecule has 2 aromatic heterocycles. The van der Waals surface area contributed by atoms with Gasteiger partial charge in [0.15, 0.2) is 0 Å². The molecule has 1 aromatic carbocycles. The number of carbonyl (C=O) groups is 2. The van der Waals surface area contributed by atoms with Crippen molar-refractivity contribution in [2.45, 2.75) is 6.92 Å². The summed E-state index contributed by atoms with van der Waals surface area (Å²) in [5.41, 5.74) is 0.441. The molecule has 1 amide bonds. The lowest BCUT2D eigenvalue weighted by molar-refractivity contribution is -0.141. The number of pyridine rings is 2. The van der Waals surface area contributed by atoms with Crippen molar-refractivity contribution >= 4 is 34.3 Å². The normalized spacial score (nSPS) is 13.8. The van der Waals surface area contributed by atoms with Crippen molar-refractivity contribution in [3.63, 3.8) is 0 Å². The van der Waals surface area contributed by atoms with Crippen LogP contribution in [-0.2, 0) is 9.53 Å². The van der Waals surface area contributed by atoms with Gasteiger partial charge in [-0.3, -0.25) is 9.59 Å². The van der Waals surface area contributed by atoms with E-state index in [2.05, 4.69) is 25.1 Å². The Labute approximate surface area is 180 Å². The Bertz CT molecular complexity index is 1070. The van der Waals surface area contributed by atoms with E-state index in [1.807, 2.05) is 48.7 Å². The molecule has 3 aromatic rings. The predicted molar refractivity (Wildman–Crippen MR) is 119 cm³/mol.